The fraction of sp³-hybridized carbons (Fsp3) is 0.286. The number of carbonyl (C=O) groups excluding carboxylic acids is 1. The first-order chi connectivity index (χ1) is 18.4. The first-order valence-corrected chi connectivity index (χ1v) is 14.2. The summed E-state index contributed by atoms with van der Waals surface area (Å²) in [6, 6.07) is 13.4. The molecule has 2 aromatic rings. The van der Waals surface area contributed by atoms with Crippen LogP contribution in [0.4, 0.5) is 18.9 Å². The van der Waals surface area contributed by atoms with Crippen molar-refractivity contribution in [3.05, 3.63) is 88.8 Å². The van der Waals surface area contributed by atoms with Gasteiger partial charge in [-0.2, -0.15) is 13.2 Å². The van der Waals surface area contributed by atoms with Gasteiger partial charge in [-0.05, 0) is 60.6 Å². The highest BCUT2D eigenvalue weighted by molar-refractivity contribution is 7.90. The predicted octanol–water partition coefficient (Wildman–Crippen LogP) is 4.78. The second-order valence-electron chi connectivity index (χ2n) is 9.36. The molecule has 0 spiro atoms. The van der Waals surface area contributed by atoms with Crippen molar-refractivity contribution in [2.45, 2.75) is 43.3 Å². The maximum Gasteiger partial charge on any atom is 0.431 e. The lowest BCUT2D eigenvalue weighted by Gasteiger charge is -2.27. The molecule has 0 bridgehead atoms. The Balaban J connectivity index is 1.78. The van der Waals surface area contributed by atoms with Gasteiger partial charge in [0.15, 0.2) is 9.84 Å². The zero-order valence-electron chi connectivity index (χ0n) is 21.3. The molecule has 4 rings (SSSR count). The maximum atomic E-state index is 13.8. The van der Waals surface area contributed by atoms with Crippen LogP contribution in [0.15, 0.2) is 87.5 Å². The third-order valence-electron chi connectivity index (χ3n) is 6.72. The van der Waals surface area contributed by atoms with E-state index in [0.29, 0.717) is 35.4 Å². The molecule has 4 N–H and O–H groups in total. The fourth-order valence-corrected chi connectivity index (χ4v) is 5.68. The Morgan fingerprint density at radius 2 is 1.72 bits per heavy atom. The summed E-state index contributed by atoms with van der Waals surface area (Å²) in [4.78, 5) is 19.8. The van der Waals surface area contributed by atoms with Gasteiger partial charge >= 0.3 is 6.18 Å². The summed E-state index contributed by atoms with van der Waals surface area (Å²) in [5, 5.41) is 0. The minimum atomic E-state index is -4.83. The molecule has 0 atom stereocenters. The van der Waals surface area contributed by atoms with Crippen LogP contribution in [0.3, 0.4) is 0 Å². The van der Waals surface area contributed by atoms with Crippen LogP contribution in [0, 0.1) is 0 Å². The minimum absolute atomic E-state index is 0.0761. The van der Waals surface area contributed by atoms with Crippen LogP contribution in [-0.2, 0) is 21.2 Å². The van der Waals surface area contributed by atoms with Crippen LogP contribution >= 0.6 is 0 Å². The molecule has 206 valence electrons. The lowest BCUT2D eigenvalue weighted by atomic mass is 9.95. The topological polar surface area (TPSA) is 119 Å². The number of hydrogen-bond donors (Lipinski definition) is 2. The van der Waals surface area contributed by atoms with Crippen molar-refractivity contribution in [1.29, 1.82) is 0 Å². The molecule has 1 aliphatic heterocycles. The van der Waals surface area contributed by atoms with Crippen LogP contribution in [0.2, 0.25) is 0 Å². The van der Waals surface area contributed by atoms with E-state index in [0.717, 1.165) is 11.8 Å². The van der Waals surface area contributed by atoms with Crippen molar-refractivity contribution in [3.63, 3.8) is 0 Å². The monoisotopic (exact) mass is 558 g/mol. The molecule has 39 heavy (non-hydrogen) atoms. The van der Waals surface area contributed by atoms with E-state index >= 15 is 0 Å². The van der Waals surface area contributed by atoms with Crippen molar-refractivity contribution in [2.75, 3.05) is 12.8 Å². The van der Waals surface area contributed by atoms with Crippen LogP contribution in [0.25, 0.3) is 5.57 Å². The van der Waals surface area contributed by atoms with Gasteiger partial charge in [0.05, 0.1) is 10.6 Å². The molecular weight excluding hydrogens is 529 g/mol. The van der Waals surface area contributed by atoms with Gasteiger partial charge in [0, 0.05) is 30.6 Å². The second kappa shape index (κ2) is 11.2. The van der Waals surface area contributed by atoms with Crippen LogP contribution in [0.5, 0.6) is 0 Å². The zero-order valence-corrected chi connectivity index (χ0v) is 22.1. The van der Waals surface area contributed by atoms with E-state index in [4.69, 9.17) is 11.5 Å². The van der Waals surface area contributed by atoms with Crippen molar-refractivity contribution >= 4 is 32.7 Å². The van der Waals surface area contributed by atoms with Gasteiger partial charge in [-0.3, -0.25) is 4.79 Å². The van der Waals surface area contributed by atoms with Gasteiger partial charge in [-0.15, -0.1) is 0 Å². The first-order valence-electron chi connectivity index (χ1n) is 12.4. The van der Waals surface area contributed by atoms with Gasteiger partial charge in [0.2, 0.25) is 0 Å². The number of likely N-dealkylation sites (tertiary alicyclic amines) is 1. The molecule has 1 amide bonds. The number of carbonyl (C=O) groups is 1. The third kappa shape index (κ3) is 6.15. The molecule has 0 unspecified atom stereocenters. The third-order valence-corrected chi connectivity index (χ3v) is 7.88. The number of hydrogen-bond acceptors (Lipinski definition) is 6. The Bertz CT molecular complexity index is 1520. The largest absolute Gasteiger partial charge is 0.431 e. The predicted molar refractivity (Wildman–Crippen MR) is 144 cm³/mol. The standard InChI is InChI=1S/C28H29F3N4O3S/c1-39(37,38)24-11-5-3-8-21(24)18-12-14-20(15-13-18)35-16-6-9-22(26(33)28(29,30)31)25(27(35)36)34-23-10-4-2-7-19(23)17-32/h2-5,7-8,10-12,14H,6,9,13,15-17,32-33H2,1H3. The van der Waals surface area contributed by atoms with E-state index in [1.54, 1.807) is 60.7 Å². The average molecular weight is 559 g/mol. The van der Waals surface area contributed by atoms with Gasteiger partial charge in [0.25, 0.3) is 5.91 Å². The number of nitrogens with two attached hydrogens (primary N) is 2. The molecule has 11 heteroatoms. The van der Waals surface area contributed by atoms with Gasteiger partial charge in [-0.25, -0.2) is 13.4 Å². The molecule has 1 aliphatic carbocycles. The summed E-state index contributed by atoms with van der Waals surface area (Å²) < 4.78 is 65.6. The molecular formula is C28H29F3N4O3S. The summed E-state index contributed by atoms with van der Waals surface area (Å²) in [6.45, 7) is 0.270. The number of amides is 1. The van der Waals surface area contributed by atoms with Gasteiger partial charge in [0.1, 0.15) is 11.4 Å². The van der Waals surface area contributed by atoms with Crippen molar-refractivity contribution in [2.24, 2.45) is 16.5 Å². The number of alkyl halides is 3. The Kier molecular flexibility index (Phi) is 8.12. The number of para-hydroxylation sites is 1. The average Bonchev–Trinajstić information content (AvgIpc) is 3.06. The zero-order chi connectivity index (χ0) is 28.4. The SMILES string of the molecule is CS(=O)(=O)c1ccccc1C1=CC=C(N2CCCC(=C(N)C(F)(F)F)C(=Nc3ccccc3CN)C2=O)CC1. The Hall–Kier alpha value is -3.70. The van der Waals surface area contributed by atoms with Crippen LogP contribution in [-0.4, -0.2) is 43.9 Å². The van der Waals surface area contributed by atoms with Crippen LogP contribution in [0.1, 0.15) is 36.8 Å². The molecule has 0 saturated carbocycles. The molecule has 0 radical (unpaired) electrons. The quantitative estimate of drug-likeness (QED) is 0.548. The molecule has 0 aromatic heterocycles. The Labute approximate surface area is 225 Å². The normalized spacial score (nSPS) is 19.5. The first kappa shape index (κ1) is 28.3. The maximum absolute atomic E-state index is 13.8. The van der Waals surface area contributed by atoms with Crippen molar-refractivity contribution in [1.82, 2.24) is 4.90 Å². The summed E-state index contributed by atoms with van der Waals surface area (Å²) in [7, 11) is -3.46. The summed E-state index contributed by atoms with van der Waals surface area (Å²) in [5.74, 6) is -0.679. The summed E-state index contributed by atoms with van der Waals surface area (Å²) in [6.07, 6.45) is 0.786. The van der Waals surface area contributed by atoms with Crippen LogP contribution < -0.4 is 11.5 Å². The molecule has 2 aromatic carbocycles. The van der Waals surface area contributed by atoms with Crippen molar-refractivity contribution < 1.29 is 26.4 Å². The lowest BCUT2D eigenvalue weighted by molar-refractivity contribution is -0.122. The number of nitrogens with zero attached hydrogens (tertiary/aromatic N) is 2. The highest BCUT2D eigenvalue weighted by Crippen LogP contribution is 2.35. The van der Waals surface area contributed by atoms with Crippen molar-refractivity contribution in [3.8, 4) is 0 Å². The van der Waals surface area contributed by atoms with Gasteiger partial charge in [-0.1, -0.05) is 42.5 Å². The fourth-order valence-electron chi connectivity index (χ4n) is 4.76. The van der Waals surface area contributed by atoms with Gasteiger partial charge < -0.3 is 16.4 Å². The number of benzene rings is 2. The van der Waals surface area contributed by atoms with E-state index in [9.17, 15) is 26.4 Å². The summed E-state index contributed by atoms with van der Waals surface area (Å²) in [5.41, 5.74) is 12.1. The number of aliphatic imine (C=N–C) groups is 1. The van der Waals surface area contributed by atoms with E-state index in [1.165, 1.54) is 4.90 Å². The van der Waals surface area contributed by atoms with E-state index < -0.39 is 27.6 Å². The molecule has 1 fully saturated rings. The number of rotatable bonds is 5. The van der Waals surface area contributed by atoms with E-state index in [1.807, 2.05) is 0 Å². The molecule has 2 aliphatic rings. The highest BCUT2D eigenvalue weighted by atomic mass is 32.2. The molecule has 1 saturated heterocycles. The second-order valence-corrected chi connectivity index (χ2v) is 11.3. The number of sulfone groups is 1. The molecule has 1 heterocycles. The number of allylic oxidation sites excluding steroid dienone is 5. The smallest absolute Gasteiger partial charge is 0.394 e. The Morgan fingerprint density at radius 3 is 2.36 bits per heavy atom. The lowest BCUT2D eigenvalue weighted by Crippen LogP contribution is -2.37. The van der Waals surface area contributed by atoms with E-state index in [-0.39, 0.29) is 42.1 Å². The van der Waals surface area contributed by atoms with E-state index in [2.05, 4.69) is 4.99 Å². The minimum Gasteiger partial charge on any atom is -0.394 e. The molecule has 7 nitrogen and oxygen atoms in total. The summed E-state index contributed by atoms with van der Waals surface area (Å²) >= 11 is 0. The number of halogens is 3. The Morgan fingerprint density at radius 1 is 1.03 bits per heavy atom. The highest BCUT2D eigenvalue weighted by Gasteiger charge is 2.39.